The first-order valence-corrected chi connectivity index (χ1v) is 11.5. The van der Waals surface area contributed by atoms with Gasteiger partial charge in [-0.05, 0) is 13.3 Å². The summed E-state index contributed by atoms with van der Waals surface area (Å²) < 4.78 is 40.9. The fourth-order valence-corrected chi connectivity index (χ4v) is 6.11. The van der Waals surface area contributed by atoms with Crippen LogP contribution in [0.5, 0.6) is 0 Å². The van der Waals surface area contributed by atoms with E-state index in [4.69, 9.17) is 0 Å². The molecule has 34 heavy (non-hydrogen) atoms. The molecule has 3 N–H and O–H groups in total. The van der Waals surface area contributed by atoms with Gasteiger partial charge in [-0.15, -0.1) is 11.8 Å². The van der Waals surface area contributed by atoms with Gasteiger partial charge < -0.3 is 30.3 Å². The zero-order valence-corrected chi connectivity index (χ0v) is 19.8. The van der Waals surface area contributed by atoms with E-state index in [0.29, 0.717) is 17.9 Å². The second-order valence-corrected chi connectivity index (χ2v) is 10.2. The third kappa shape index (κ3) is 5.11. The highest BCUT2D eigenvalue weighted by Gasteiger charge is 2.60. The van der Waals surface area contributed by atoms with E-state index in [1.165, 1.54) is 28.5 Å². The number of fused-ring (bicyclic) bond motifs is 1. The van der Waals surface area contributed by atoms with Gasteiger partial charge in [0.1, 0.15) is 5.70 Å². The van der Waals surface area contributed by atoms with Gasteiger partial charge in [-0.3, -0.25) is 9.59 Å². The molecule has 10 nitrogen and oxygen atoms in total. The smallest absolute Gasteiger partial charge is 0.422 e. The standard InChI is InChI=1S/C20H27F3N4O6S/c1-8-13-12(9(2)25-19(32)33-7-20(21,22)23)17(29)27(13)14(18(30)31)15(8)34-10-5-11(24-6-10)16(28)26(3)4/h8-13,24H,5-7H2,1-4H3,(H,25,32)(H,30,31)/t8-,9-,10+,11+,12-,13-/m1/s1. The van der Waals surface area contributed by atoms with Crippen molar-refractivity contribution in [3.05, 3.63) is 10.6 Å². The van der Waals surface area contributed by atoms with Crippen LogP contribution in [-0.4, -0.2) is 95.6 Å². The van der Waals surface area contributed by atoms with Gasteiger partial charge in [0.25, 0.3) is 0 Å². The van der Waals surface area contributed by atoms with E-state index in [-0.39, 0.29) is 28.8 Å². The zero-order chi connectivity index (χ0) is 25.5. The van der Waals surface area contributed by atoms with Crippen LogP contribution in [0.2, 0.25) is 0 Å². The van der Waals surface area contributed by atoms with E-state index in [1.807, 2.05) is 0 Å². The molecule has 0 spiro atoms. The van der Waals surface area contributed by atoms with Crippen molar-refractivity contribution < 1.29 is 42.2 Å². The summed E-state index contributed by atoms with van der Waals surface area (Å²) in [4.78, 5) is 52.0. The molecule has 6 atom stereocenters. The summed E-state index contributed by atoms with van der Waals surface area (Å²) in [6.45, 7) is 1.97. The van der Waals surface area contributed by atoms with Crippen LogP contribution in [-0.2, 0) is 19.1 Å². The van der Waals surface area contributed by atoms with Gasteiger partial charge in [-0.2, -0.15) is 13.2 Å². The molecule has 0 bridgehead atoms. The highest BCUT2D eigenvalue weighted by atomic mass is 32.2. The molecule has 0 aromatic rings. The van der Waals surface area contributed by atoms with E-state index >= 15 is 0 Å². The molecule has 3 aliphatic rings. The van der Waals surface area contributed by atoms with E-state index in [0.717, 1.165) is 0 Å². The van der Waals surface area contributed by atoms with Gasteiger partial charge in [0.15, 0.2) is 6.61 Å². The van der Waals surface area contributed by atoms with Crippen molar-refractivity contribution in [1.29, 1.82) is 0 Å². The molecule has 190 valence electrons. The number of alkyl halides is 3. The Bertz CT molecular complexity index is 911. The minimum Gasteiger partial charge on any atom is -0.477 e. The summed E-state index contributed by atoms with van der Waals surface area (Å²) in [6, 6.07) is -1.81. The number of hydrogen-bond donors (Lipinski definition) is 3. The maximum atomic E-state index is 12.8. The van der Waals surface area contributed by atoms with Gasteiger partial charge in [0.05, 0.1) is 18.0 Å². The monoisotopic (exact) mass is 508 g/mol. The Kier molecular flexibility index (Phi) is 7.41. The van der Waals surface area contributed by atoms with Crippen LogP contribution < -0.4 is 10.6 Å². The van der Waals surface area contributed by atoms with Gasteiger partial charge in [0, 0.05) is 42.8 Å². The molecule has 0 aliphatic carbocycles. The third-order valence-electron chi connectivity index (χ3n) is 6.17. The molecule has 3 amide bonds. The van der Waals surface area contributed by atoms with E-state index in [9.17, 15) is 37.5 Å². The number of aliphatic carboxylic acids is 1. The molecule has 2 fully saturated rings. The topological polar surface area (TPSA) is 128 Å². The van der Waals surface area contributed by atoms with Crippen molar-refractivity contribution in [3.63, 3.8) is 0 Å². The average Bonchev–Trinajstić information content (AvgIpc) is 3.27. The van der Waals surface area contributed by atoms with Crippen molar-refractivity contribution in [3.8, 4) is 0 Å². The lowest BCUT2D eigenvalue weighted by molar-refractivity contribution is -0.162. The molecule has 0 unspecified atom stereocenters. The molecule has 0 saturated carbocycles. The van der Waals surface area contributed by atoms with Crippen molar-refractivity contribution >= 4 is 35.6 Å². The van der Waals surface area contributed by atoms with E-state index < -0.39 is 48.8 Å². The zero-order valence-electron chi connectivity index (χ0n) is 19.0. The lowest BCUT2D eigenvalue weighted by Gasteiger charge is -2.47. The predicted molar refractivity (Wildman–Crippen MR) is 114 cm³/mol. The Balaban J connectivity index is 1.69. The second-order valence-electron chi connectivity index (χ2n) is 8.82. The number of carboxylic acid groups (broad SMARTS) is 1. The molecule has 0 aromatic heterocycles. The molecule has 0 aromatic carbocycles. The number of carbonyl (C=O) groups is 4. The number of rotatable bonds is 7. The summed E-state index contributed by atoms with van der Waals surface area (Å²) in [5.41, 5.74) is -0.127. The number of hydrogen-bond acceptors (Lipinski definition) is 7. The predicted octanol–water partition coefficient (Wildman–Crippen LogP) is 0.988. The minimum atomic E-state index is -4.68. The fourth-order valence-electron chi connectivity index (χ4n) is 4.63. The van der Waals surface area contributed by atoms with Gasteiger partial charge >= 0.3 is 18.2 Å². The summed E-state index contributed by atoms with van der Waals surface area (Å²) in [5.74, 6) is -3.06. The van der Waals surface area contributed by atoms with Crippen LogP contribution in [0.25, 0.3) is 0 Å². The van der Waals surface area contributed by atoms with Crippen molar-refractivity contribution in [2.75, 3.05) is 27.2 Å². The number of carbonyl (C=O) groups excluding carboxylic acids is 3. The van der Waals surface area contributed by atoms with E-state index in [2.05, 4.69) is 15.4 Å². The molecule has 3 aliphatic heterocycles. The molecular weight excluding hydrogens is 481 g/mol. The summed E-state index contributed by atoms with van der Waals surface area (Å²) >= 11 is 1.31. The Morgan fingerprint density at radius 3 is 2.56 bits per heavy atom. The Hall–Kier alpha value is -2.48. The number of ether oxygens (including phenoxy) is 1. The Morgan fingerprint density at radius 2 is 2.00 bits per heavy atom. The lowest BCUT2D eigenvalue weighted by Crippen LogP contribution is -2.66. The highest BCUT2D eigenvalue weighted by Crippen LogP contribution is 2.51. The van der Waals surface area contributed by atoms with Gasteiger partial charge in [-0.1, -0.05) is 6.92 Å². The lowest BCUT2D eigenvalue weighted by atomic mass is 9.78. The highest BCUT2D eigenvalue weighted by molar-refractivity contribution is 8.03. The summed E-state index contributed by atoms with van der Waals surface area (Å²) in [7, 11) is 3.30. The first kappa shape index (κ1) is 26.1. The number of alkyl carbamates (subject to hydrolysis) is 1. The normalized spacial score (nSPS) is 29.4. The van der Waals surface area contributed by atoms with Crippen LogP contribution in [0.15, 0.2) is 10.6 Å². The molecule has 2 saturated heterocycles. The summed E-state index contributed by atoms with van der Waals surface area (Å²) in [6.07, 6.45) is -5.49. The maximum Gasteiger partial charge on any atom is 0.422 e. The van der Waals surface area contributed by atoms with Crippen LogP contribution >= 0.6 is 11.8 Å². The number of nitrogens with zero attached hydrogens (tertiary/aromatic N) is 2. The number of thioether (sulfide) groups is 1. The molecule has 3 rings (SSSR count). The quantitative estimate of drug-likeness (QED) is 0.435. The van der Waals surface area contributed by atoms with Crippen LogP contribution in [0.1, 0.15) is 20.3 Å². The number of halogens is 3. The number of nitrogens with one attached hydrogen (secondary N) is 2. The Morgan fingerprint density at radius 1 is 1.35 bits per heavy atom. The Labute approximate surface area is 198 Å². The van der Waals surface area contributed by atoms with Crippen molar-refractivity contribution in [2.24, 2.45) is 11.8 Å². The van der Waals surface area contributed by atoms with Crippen molar-refractivity contribution in [1.82, 2.24) is 20.4 Å². The largest absolute Gasteiger partial charge is 0.477 e. The third-order valence-corrected chi connectivity index (χ3v) is 7.68. The fraction of sp³-hybridized carbons (Fsp3) is 0.700. The van der Waals surface area contributed by atoms with Gasteiger partial charge in [-0.25, -0.2) is 9.59 Å². The summed E-state index contributed by atoms with van der Waals surface area (Å²) in [5, 5.41) is 15.1. The molecule has 14 heteroatoms. The first-order valence-electron chi connectivity index (χ1n) is 10.6. The number of amides is 3. The van der Waals surface area contributed by atoms with Crippen LogP contribution in [0.4, 0.5) is 18.0 Å². The SMILES string of the molecule is C[C@@H](NC(=O)OCC(F)(F)F)[C@H]1C(=O)N2C(C(=O)O)=C(S[C@@H]3CN[C@H](C(=O)N(C)C)C3)[C@H](C)[C@H]12. The number of likely N-dealkylation sites (N-methyl/N-ethyl adjacent to an activating group) is 1. The maximum absolute atomic E-state index is 12.8. The van der Waals surface area contributed by atoms with Crippen molar-refractivity contribution in [2.45, 2.75) is 49.8 Å². The second kappa shape index (κ2) is 9.64. The first-order chi connectivity index (χ1) is 15.7. The number of β-lactam (4-membered cyclic amide) rings is 1. The minimum absolute atomic E-state index is 0.0774. The van der Waals surface area contributed by atoms with E-state index in [1.54, 1.807) is 21.0 Å². The van der Waals surface area contributed by atoms with Crippen LogP contribution in [0.3, 0.4) is 0 Å². The molecular formula is C20H27F3N4O6S. The van der Waals surface area contributed by atoms with Gasteiger partial charge in [0.2, 0.25) is 11.8 Å². The number of carboxylic acids is 1. The van der Waals surface area contributed by atoms with Crippen LogP contribution in [0, 0.1) is 11.8 Å². The molecule has 0 radical (unpaired) electrons. The average molecular weight is 509 g/mol. The molecule has 3 heterocycles.